The summed E-state index contributed by atoms with van der Waals surface area (Å²) in [5, 5.41) is 9.63. The first-order chi connectivity index (χ1) is 27.8. The highest BCUT2D eigenvalue weighted by Gasteiger charge is 2.23. The second-order valence-corrected chi connectivity index (χ2v) is 14.8. The molecule has 8 aromatic carbocycles. The topological polar surface area (TPSA) is 32.1 Å². The Hall–Kier alpha value is -7.63. The van der Waals surface area contributed by atoms with Crippen LogP contribution in [0.3, 0.4) is 0 Å². The van der Waals surface area contributed by atoms with Crippen LogP contribution in [0, 0.1) is 0 Å². The summed E-state index contributed by atoms with van der Waals surface area (Å²) in [6.07, 6.45) is 0. The Morgan fingerprint density at radius 3 is 1.07 bits per heavy atom. The van der Waals surface area contributed by atoms with E-state index in [1.165, 1.54) is 54.4 Å². The van der Waals surface area contributed by atoms with Crippen molar-refractivity contribution in [3.63, 3.8) is 0 Å². The lowest BCUT2D eigenvalue weighted by molar-refractivity contribution is 1.08. The van der Waals surface area contributed by atoms with Crippen molar-refractivity contribution in [2.24, 2.45) is 0 Å². The van der Waals surface area contributed by atoms with Crippen molar-refractivity contribution < 1.29 is 0 Å². The molecule has 13 aromatic rings. The number of rotatable bonds is 3. The van der Waals surface area contributed by atoms with Crippen LogP contribution in [0.2, 0.25) is 0 Å². The largest absolute Gasteiger partial charge is 0.309 e. The highest BCUT2D eigenvalue weighted by atomic mass is 15.2. The molecule has 0 aliphatic heterocycles. The molecule has 0 fully saturated rings. The van der Waals surface area contributed by atoms with E-state index in [1.807, 2.05) is 0 Å². The monoisotopic (exact) mass is 713 g/mol. The van der Waals surface area contributed by atoms with Crippen molar-refractivity contribution in [2.45, 2.75) is 0 Å². The second kappa shape index (κ2) is 11.0. The van der Waals surface area contributed by atoms with E-state index in [9.17, 15) is 0 Å². The predicted octanol–water partition coefficient (Wildman–Crippen LogP) is 12.9. The minimum atomic E-state index is 0.963. The lowest BCUT2D eigenvalue weighted by Gasteiger charge is -2.17. The average molecular weight is 714 g/mol. The number of hydrogen-bond donors (Lipinski definition) is 0. The summed E-state index contributed by atoms with van der Waals surface area (Å²) in [5.41, 5.74) is 13.2. The maximum atomic E-state index is 5.51. The zero-order valence-corrected chi connectivity index (χ0v) is 30.1. The number of nitrogens with zero attached hydrogens (tertiary/aromatic N) is 5. The summed E-state index contributed by atoms with van der Waals surface area (Å²) >= 11 is 0. The molecule has 0 aliphatic carbocycles. The van der Waals surface area contributed by atoms with Gasteiger partial charge in [-0.15, -0.1) is 0 Å². The van der Waals surface area contributed by atoms with Crippen LogP contribution in [-0.4, -0.2) is 23.1 Å². The minimum absolute atomic E-state index is 0.963. The van der Waals surface area contributed by atoms with Crippen LogP contribution in [0.1, 0.15) is 0 Å². The van der Waals surface area contributed by atoms with Gasteiger partial charge in [-0.3, -0.25) is 8.97 Å². The zero-order chi connectivity index (χ0) is 36.5. The fourth-order valence-corrected chi connectivity index (χ4v) is 9.63. The summed E-state index contributed by atoms with van der Waals surface area (Å²) < 4.78 is 9.71. The third-order valence-corrected chi connectivity index (χ3v) is 11.9. The van der Waals surface area contributed by atoms with Crippen molar-refractivity contribution in [1.29, 1.82) is 0 Å². The SMILES string of the molecule is c1ccc2c(c1)c1ccccc1n1c2nc2c3ccccc3n(-c3cc(-n4c5ccccc5c5ccccc54)cc(-n4c5ccccc5c5ccccc54)c3)c21. The molecule has 0 N–H and O–H groups in total. The lowest BCUT2D eigenvalue weighted by atomic mass is 10.1. The molecule has 0 bridgehead atoms. The van der Waals surface area contributed by atoms with E-state index in [4.69, 9.17) is 4.98 Å². The fraction of sp³-hybridized carbons (Fsp3) is 0. The molecule has 260 valence electrons. The van der Waals surface area contributed by atoms with E-state index in [2.05, 4.69) is 206 Å². The molecule has 56 heavy (non-hydrogen) atoms. The van der Waals surface area contributed by atoms with Crippen LogP contribution in [0.5, 0.6) is 0 Å². The molecule has 5 heteroatoms. The van der Waals surface area contributed by atoms with Crippen LogP contribution in [0.25, 0.3) is 110 Å². The van der Waals surface area contributed by atoms with Gasteiger partial charge < -0.3 is 9.13 Å². The molecule has 0 spiro atoms. The van der Waals surface area contributed by atoms with Gasteiger partial charge in [0.25, 0.3) is 0 Å². The number of imidazole rings is 1. The third-order valence-electron chi connectivity index (χ3n) is 11.9. The Bertz CT molecular complexity index is 3540. The fourth-order valence-electron chi connectivity index (χ4n) is 9.63. The highest BCUT2D eigenvalue weighted by molar-refractivity contribution is 6.17. The van der Waals surface area contributed by atoms with Crippen LogP contribution in [-0.2, 0) is 0 Å². The van der Waals surface area contributed by atoms with Crippen molar-refractivity contribution in [2.75, 3.05) is 0 Å². The van der Waals surface area contributed by atoms with Crippen LogP contribution >= 0.6 is 0 Å². The summed E-state index contributed by atoms with van der Waals surface area (Å²) in [7, 11) is 0. The van der Waals surface area contributed by atoms with Gasteiger partial charge in [0.2, 0.25) is 0 Å². The zero-order valence-electron chi connectivity index (χ0n) is 30.1. The van der Waals surface area contributed by atoms with Gasteiger partial charge >= 0.3 is 0 Å². The van der Waals surface area contributed by atoms with Crippen LogP contribution in [0.15, 0.2) is 188 Å². The van der Waals surface area contributed by atoms with Gasteiger partial charge in [-0.1, -0.05) is 133 Å². The van der Waals surface area contributed by atoms with Crippen molar-refractivity contribution in [3.8, 4) is 17.1 Å². The van der Waals surface area contributed by atoms with E-state index in [-0.39, 0.29) is 0 Å². The molecule has 5 heterocycles. The van der Waals surface area contributed by atoms with Gasteiger partial charge in [0, 0.05) is 37.7 Å². The Balaban J connectivity index is 1.24. The smallest absolute Gasteiger partial charge is 0.151 e. The Labute approximate surface area is 320 Å². The number of aromatic nitrogens is 5. The molecule has 5 aromatic heterocycles. The van der Waals surface area contributed by atoms with Crippen molar-refractivity contribution in [3.05, 3.63) is 188 Å². The van der Waals surface area contributed by atoms with Crippen molar-refractivity contribution in [1.82, 2.24) is 23.1 Å². The minimum Gasteiger partial charge on any atom is -0.309 e. The molecule has 0 radical (unpaired) electrons. The lowest BCUT2D eigenvalue weighted by Crippen LogP contribution is -2.04. The predicted molar refractivity (Wildman–Crippen MR) is 233 cm³/mol. The summed E-state index contributed by atoms with van der Waals surface area (Å²) in [5.74, 6) is 0. The number of fused-ring (bicyclic) bond motifs is 16. The first kappa shape index (κ1) is 29.8. The molecule has 0 saturated heterocycles. The number of pyridine rings is 1. The van der Waals surface area contributed by atoms with E-state index in [1.54, 1.807) is 0 Å². The molecular formula is C51H31N5. The molecule has 0 unspecified atom stereocenters. The molecule has 13 rings (SSSR count). The molecule has 5 nitrogen and oxygen atoms in total. The number of para-hydroxylation sites is 6. The Morgan fingerprint density at radius 2 is 0.607 bits per heavy atom. The average Bonchev–Trinajstić information content (AvgIpc) is 4.00. The number of hydrogen-bond acceptors (Lipinski definition) is 1. The van der Waals surface area contributed by atoms with Gasteiger partial charge in [-0.25, -0.2) is 4.98 Å². The van der Waals surface area contributed by atoms with Crippen molar-refractivity contribution >= 4 is 93.0 Å². The van der Waals surface area contributed by atoms with E-state index in [0.29, 0.717) is 0 Å². The summed E-state index contributed by atoms with van der Waals surface area (Å²) in [4.78, 5) is 5.51. The molecule has 0 amide bonds. The summed E-state index contributed by atoms with van der Waals surface area (Å²) in [6.45, 7) is 0. The Morgan fingerprint density at radius 1 is 0.286 bits per heavy atom. The van der Waals surface area contributed by atoms with E-state index in [0.717, 1.165) is 55.7 Å². The maximum absolute atomic E-state index is 5.51. The maximum Gasteiger partial charge on any atom is 0.151 e. The third kappa shape index (κ3) is 3.85. The number of benzene rings is 8. The second-order valence-electron chi connectivity index (χ2n) is 14.8. The quantitative estimate of drug-likeness (QED) is 0.168. The van der Waals surface area contributed by atoms with E-state index >= 15 is 0 Å². The first-order valence-corrected chi connectivity index (χ1v) is 19.2. The molecule has 0 aliphatic rings. The molecular weight excluding hydrogens is 683 g/mol. The van der Waals surface area contributed by atoms with E-state index < -0.39 is 0 Å². The molecule has 0 atom stereocenters. The normalized spacial score (nSPS) is 12.3. The van der Waals surface area contributed by atoms with Gasteiger partial charge in [-0.2, -0.15) is 0 Å². The van der Waals surface area contributed by atoms with Crippen LogP contribution in [0.4, 0.5) is 0 Å². The molecule has 0 saturated carbocycles. The first-order valence-electron chi connectivity index (χ1n) is 19.2. The van der Waals surface area contributed by atoms with Gasteiger partial charge in [-0.05, 0) is 60.0 Å². The highest BCUT2D eigenvalue weighted by Crippen LogP contribution is 2.41. The Kier molecular flexibility index (Phi) is 5.83. The standard InChI is InChI=1S/C51H31N5/c1-2-21-41-35(15-1)36-16-3-13-27-47(36)56-50(41)52-49-42-22-8-14-28-48(42)55(51(49)56)34-30-32(53-43-23-9-4-17-37(43)38-18-5-10-24-44(38)53)29-33(31-34)54-45-25-11-6-19-39(45)40-20-7-12-26-46(40)54/h1-31H. The van der Waals surface area contributed by atoms with Crippen LogP contribution < -0.4 is 0 Å². The summed E-state index contributed by atoms with van der Waals surface area (Å²) in [6, 6.07) is 68.3. The van der Waals surface area contributed by atoms with Gasteiger partial charge in [0.1, 0.15) is 11.2 Å². The van der Waals surface area contributed by atoms with Gasteiger partial charge in [0.15, 0.2) is 5.65 Å². The van der Waals surface area contributed by atoms with Gasteiger partial charge in [0.05, 0.1) is 50.2 Å².